The Bertz CT molecular complexity index is 643. The molecule has 0 atom stereocenters. The molecule has 0 bridgehead atoms. The summed E-state index contributed by atoms with van der Waals surface area (Å²) in [5, 5.41) is 9.24. The van der Waals surface area contributed by atoms with Gasteiger partial charge in [0.1, 0.15) is 5.82 Å². The number of benzene rings is 1. The molecule has 1 N–H and O–H groups in total. The van der Waals surface area contributed by atoms with Gasteiger partial charge >= 0.3 is 5.97 Å². The molecule has 0 saturated heterocycles. The SMILES string of the molecule is Cc1cc(Sc2cccc(F)c2)c(C(=O)O)c(C)n1. The topological polar surface area (TPSA) is 50.2 Å². The monoisotopic (exact) mass is 277 g/mol. The van der Waals surface area contributed by atoms with Crippen molar-refractivity contribution in [3.8, 4) is 0 Å². The second kappa shape index (κ2) is 5.40. The van der Waals surface area contributed by atoms with Crippen LogP contribution >= 0.6 is 11.8 Å². The molecule has 5 heteroatoms. The smallest absolute Gasteiger partial charge is 0.338 e. The number of carboxylic acids is 1. The van der Waals surface area contributed by atoms with Crippen LogP contribution in [0.3, 0.4) is 0 Å². The Morgan fingerprint density at radius 1 is 1.32 bits per heavy atom. The van der Waals surface area contributed by atoms with Gasteiger partial charge in [0.15, 0.2) is 0 Å². The first-order valence-electron chi connectivity index (χ1n) is 5.62. The Morgan fingerprint density at radius 3 is 2.68 bits per heavy atom. The van der Waals surface area contributed by atoms with Crippen LogP contribution in [0, 0.1) is 19.7 Å². The lowest BCUT2D eigenvalue weighted by atomic mass is 10.2. The maximum absolute atomic E-state index is 13.1. The van der Waals surface area contributed by atoms with Gasteiger partial charge in [0, 0.05) is 15.5 Å². The largest absolute Gasteiger partial charge is 0.478 e. The van der Waals surface area contributed by atoms with Gasteiger partial charge in [-0.15, -0.1) is 0 Å². The van der Waals surface area contributed by atoms with Gasteiger partial charge in [-0.2, -0.15) is 0 Å². The minimum atomic E-state index is -1.02. The molecule has 0 unspecified atom stereocenters. The summed E-state index contributed by atoms with van der Waals surface area (Å²) in [5.74, 6) is -1.37. The second-order valence-electron chi connectivity index (χ2n) is 4.09. The molecule has 0 fully saturated rings. The van der Waals surface area contributed by atoms with Crippen LogP contribution in [0.5, 0.6) is 0 Å². The summed E-state index contributed by atoms with van der Waals surface area (Å²) in [5.41, 5.74) is 1.37. The molecule has 98 valence electrons. The van der Waals surface area contributed by atoms with Gasteiger partial charge in [-0.3, -0.25) is 4.98 Å². The minimum absolute atomic E-state index is 0.167. The molecule has 0 aliphatic rings. The third kappa shape index (κ3) is 3.12. The summed E-state index contributed by atoms with van der Waals surface area (Å²) in [6, 6.07) is 7.77. The van der Waals surface area contributed by atoms with Gasteiger partial charge < -0.3 is 5.11 Å². The van der Waals surface area contributed by atoms with Crippen molar-refractivity contribution in [1.29, 1.82) is 0 Å². The number of aromatic carboxylic acids is 1. The Hall–Kier alpha value is -1.88. The molecule has 0 amide bonds. The van der Waals surface area contributed by atoms with Crippen molar-refractivity contribution in [3.63, 3.8) is 0 Å². The molecule has 3 nitrogen and oxygen atoms in total. The molecule has 0 radical (unpaired) electrons. The number of rotatable bonds is 3. The lowest BCUT2D eigenvalue weighted by molar-refractivity contribution is 0.0691. The van der Waals surface area contributed by atoms with Crippen LogP contribution in [-0.4, -0.2) is 16.1 Å². The maximum atomic E-state index is 13.1. The van der Waals surface area contributed by atoms with E-state index < -0.39 is 5.97 Å². The van der Waals surface area contributed by atoms with Crippen molar-refractivity contribution in [1.82, 2.24) is 4.98 Å². The molecular weight excluding hydrogens is 265 g/mol. The van der Waals surface area contributed by atoms with Gasteiger partial charge in [-0.05, 0) is 38.1 Å². The van der Waals surface area contributed by atoms with Crippen molar-refractivity contribution in [3.05, 3.63) is 53.1 Å². The molecule has 0 aliphatic carbocycles. The zero-order valence-corrected chi connectivity index (χ0v) is 11.3. The van der Waals surface area contributed by atoms with Crippen molar-refractivity contribution in [2.45, 2.75) is 23.6 Å². The highest BCUT2D eigenvalue weighted by Gasteiger charge is 2.16. The summed E-state index contributed by atoms with van der Waals surface area (Å²) < 4.78 is 13.1. The molecule has 19 heavy (non-hydrogen) atoms. The van der Waals surface area contributed by atoms with Crippen LogP contribution in [0.4, 0.5) is 4.39 Å². The average molecular weight is 277 g/mol. The Morgan fingerprint density at radius 2 is 2.05 bits per heavy atom. The maximum Gasteiger partial charge on any atom is 0.338 e. The molecular formula is C14H12FNO2S. The van der Waals surface area contributed by atoms with Crippen molar-refractivity contribution in [2.24, 2.45) is 0 Å². The van der Waals surface area contributed by atoms with Crippen molar-refractivity contribution >= 4 is 17.7 Å². The van der Waals surface area contributed by atoms with E-state index >= 15 is 0 Å². The van der Waals surface area contributed by atoms with Gasteiger partial charge in [-0.25, -0.2) is 9.18 Å². The molecule has 2 aromatic rings. The fraction of sp³-hybridized carbons (Fsp3) is 0.143. The highest BCUT2D eigenvalue weighted by atomic mass is 32.2. The number of pyridine rings is 1. The van der Waals surface area contributed by atoms with E-state index in [1.54, 1.807) is 32.0 Å². The van der Waals surface area contributed by atoms with Crippen LogP contribution in [0.2, 0.25) is 0 Å². The third-order valence-electron chi connectivity index (χ3n) is 2.53. The Kier molecular flexibility index (Phi) is 3.85. The second-order valence-corrected chi connectivity index (χ2v) is 5.20. The van der Waals surface area contributed by atoms with E-state index in [1.165, 1.54) is 23.9 Å². The van der Waals surface area contributed by atoms with Gasteiger partial charge in [0.05, 0.1) is 11.3 Å². The lowest BCUT2D eigenvalue weighted by Gasteiger charge is -2.09. The highest BCUT2D eigenvalue weighted by molar-refractivity contribution is 7.99. The number of carboxylic acid groups (broad SMARTS) is 1. The van der Waals surface area contributed by atoms with Crippen LogP contribution in [0.25, 0.3) is 0 Å². The van der Waals surface area contributed by atoms with Gasteiger partial charge in [0.25, 0.3) is 0 Å². The van der Waals surface area contributed by atoms with Crippen LogP contribution in [-0.2, 0) is 0 Å². The van der Waals surface area contributed by atoms with Gasteiger partial charge in [0.2, 0.25) is 0 Å². The summed E-state index contributed by atoms with van der Waals surface area (Å²) in [6.45, 7) is 3.46. The molecule has 0 spiro atoms. The predicted octanol–water partition coefficient (Wildman–Crippen LogP) is 3.69. The van der Waals surface area contributed by atoms with Gasteiger partial charge in [-0.1, -0.05) is 17.8 Å². The number of carbonyl (C=O) groups is 1. The Balaban J connectivity index is 2.47. The standard InChI is InChI=1S/C14H12FNO2S/c1-8-6-12(13(14(17)18)9(2)16-8)19-11-5-3-4-10(15)7-11/h3-7H,1-2H3,(H,17,18). The fourth-order valence-corrected chi connectivity index (χ4v) is 2.93. The van der Waals surface area contributed by atoms with Crippen LogP contribution < -0.4 is 0 Å². The first-order chi connectivity index (χ1) is 8.97. The Labute approximate surface area is 114 Å². The fourth-order valence-electron chi connectivity index (χ4n) is 1.79. The number of hydrogen-bond acceptors (Lipinski definition) is 3. The average Bonchev–Trinajstić information content (AvgIpc) is 2.26. The molecule has 1 aromatic heterocycles. The normalized spacial score (nSPS) is 10.5. The number of nitrogens with zero attached hydrogens (tertiary/aromatic N) is 1. The minimum Gasteiger partial charge on any atom is -0.478 e. The lowest BCUT2D eigenvalue weighted by Crippen LogP contribution is -2.05. The van der Waals surface area contributed by atoms with Crippen LogP contribution in [0.1, 0.15) is 21.7 Å². The molecule has 0 aliphatic heterocycles. The first-order valence-corrected chi connectivity index (χ1v) is 6.44. The third-order valence-corrected chi connectivity index (χ3v) is 3.56. The van der Waals surface area contributed by atoms with E-state index in [9.17, 15) is 14.3 Å². The highest BCUT2D eigenvalue weighted by Crippen LogP contribution is 2.32. The number of hydrogen-bond donors (Lipinski definition) is 1. The summed E-state index contributed by atoms with van der Waals surface area (Å²) in [6.07, 6.45) is 0. The number of aryl methyl sites for hydroxylation is 2. The zero-order chi connectivity index (χ0) is 14.0. The van der Waals surface area contributed by atoms with E-state index in [0.29, 0.717) is 15.5 Å². The molecule has 1 aromatic carbocycles. The summed E-state index contributed by atoms with van der Waals surface area (Å²) in [4.78, 5) is 16.7. The molecule has 1 heterocycles. The molecule has 2 rings (SSSR count). The van der Waals surface area contributed by atoms with E-state index in [1.807, 2.05) is 0 Å². The number of halogens is 1. The van der Waals surface area contributed by atoms with E-state index in [-0.39, 0.29) is 11.4 Å². The van der Waals surface area contributed by atoms with E-state index in [4.69, 9.17) is 0 Å². The summed E-state index contributed by atoms with van der Waals surface area (Å²) >= 11 is 1.22. The summed E-state index contributed by atoms with van der Waals surface area (Å²) in [7, 11) is 0. The first kappa shape index (κ1) is 13.5. The van der Waals surface area contributed by atoms with E-state index in [2.05, 4.69) is 4.98 Å². The molecule has 0 saturated carbocycles. The van der Waals surface area contributed by atoms with Crippen molar-refractivity contribution in [2.75, 3.05) is 0 Å². The van der Waals surface area contributed by atoms with Crippen molar-refractivity contribution < 1.29 is 14.3 Å². The zero-order valence-electron chi connectivity index (χ0n) is 10.5. The predicted molar refractivity (Wildman–Crippen MR) is 71.2 cm³/mol. The quantitative estimate of drug-likeness (QED) is 0.929. The van der Waals surface area contributed by atoms with Crippen LogP contribution in [0.15, 0.2) is 40.1 Å². The number of aromatic nitrogens is 1. The van der Waals surface area contributed by atoms with E-state index in [0.717, 1.165) is 5.69 Å².